The predicted octanol–water partition coefficient (Wildman–Crippen LogP) is 2.09. The summed E-state index contributed by atoms with van der Waals surface area (Å²) in [6.45, 7) is 1.90. The number of nitrogens with zero attached hydrogens (tertiary/aromatic N) is 2. The first kappa shape index (κ1) is 13.0. The van der Waals surface area contributed by atoms with E-state index < -0.39 is 5.97 Å². The van der Waals surface area contributed by atoms with Crippen LogP contribution in [0, 0.1) is 11.3 Å². The second-order valence-corrected chi connectivity index (χ2v) is 3.29. The quantitative estimate of drug-likeness (QED) is 0.505. The van der Waals surface area contributed by atoms with E-state index in [0.29, 0.717) is 11.3 Å². The Morgan fingerprint density at radius 2 is 2.41 bits per heavy atom. The van der Waals surface area contributed by atoms with Crippen LogP contribution < -0.4 is 5.43 Å². The maximum atomic E-state index is 11.1. The number of nitrogens with one attached hydrogen (secondary N) is 1. The minimum atomic E-state index is -0.696. The number of anilines is 1. The van der Waals surface area contributed by atoms with Crippen molar-refractivity contribution < 1.29 is 9.53 Å². The minimum absolute atomic E-state index is 0.231. The molecule has 0 amide bonds. The van der Waals surface area contributed by atoms with Crippen molar-refractivity contribution in [1.29, 1.82) is 5.26 Å². The number of nitriles is 1. The number of ether oxygens (including phenoxy) is 1. The molecule has 6 heteroatoms. The van der Waals surface area contributed by atoms with Gasteiger partial charge in [0.25, 0.3) is 0 Å². The number of hydrazone groups is 1. The highest BCUT2D eigenvalue weighted by molar-refractivity contribution is 6.82. The van der Waals surface area contributed by atoms with Crippen molar-refractivity contribution in [2.75, 3.05) is 12.0 Å². The monoisotopic (exact) mass is 251 g/mol. The molecular weight excluding hydrogens is 242 g/mol. The number of carbonyl (C=O) groups excluding carboxylic acids is 1. The van der Waals surface area contributed by atoms with Gasteiger partial charge >= 0.3 is 5.97 Å². The van der Waals surface area contributed by atoms with Gasteiger partial charge in [-0.1, -0.05) is 17.7 Å². The summed E-state index contributed by atoms with van der Waals surface area (Å²) in [5.41, 5.74) is 3.61. The summed E-state index contributed by atoms with van der Waals surface area (Å²) in [5, 5.41) is 12.0. The number of halogens is 1. The summed E-state index contributed by atoms with van der Waals surface area (Å²) in [6.07, 6.45) is 0. The first-order valence-corrected chi connectivity index (χ1v) is 5.21. The lowest BCUT2D eigenvalue weighted by molar-refractivity contribution is -0.134. The predicted molar refractivity (Wildman–Crippen MR) is 64.7 cm³/mol. The van der Waals surface area contributed by atoms with Gasteiger partial charge in [-0.3, -0.25) is 5.43 Å². The van der Waals surface area contributed by atoms with E-state index in [4.69, 9.17) is 16.9 Å². The number of benzene rings is 1. The van der Waals surface area contributed by atoms with E-state index in [-0.39, 0.29) is 11.8 Å². The summed E-state index contributed by atoms with van der Waals surface area (Å²) >= 11 is 5.58. The van der Waals surface area contributed by atoms with Crippen molar-refractivity contribution in [2.24, 2.45) is 5.10 Å². The van der Waals surface area contributed by atoms with Crippen LogP contribution in [0.5, 0.6) is 0 Å². The molecule has 0 heterocycles. The highest BCUT2D eigenvalue weighted by atomic mass is 35.5. The third-order valence-corrected chi connectivity index (χ3v) is 1.96. The topological polar surface area (TPSA) is 74.5 Å². The van der Waals surface area contributed by atoms with Crippen LogP contribution in [0.15, 0.2) is 29.4 Å². The maximum Gasteiger partial charge on any atom is 0.370 e. The fourth-order valence-electron chi connectivity index (χ4n) is 1.01. The number of hydrogen-bond acceptors (Lipinski definition) is 5. The summed E-state index contributed by atoms with van der Waals surface area (Å²) in [5.74, 6) is -0.696. The molecule has 1 N–H and O–H groups in total. The fourth-order valence-corrected chi connectivity index (χ4v) is 1.11. The molecule has 0 saturated carbocycles. The van der Waals surface area contributed by atoms with Gasteiger partial charge in [0, 0.05) is 0 Å². The van der Waals surface area contributed by atoms with Crippen LogP contribution in [0.25, 0.3) is 0 Å². The van der Waals surface area contributed by atoms with Crippen LogP contribution in [-0.2, 0) is 9.53 Å². The lowest BCUT2D eigenvalue weighted by Gasteiger charge is -2.02. The molecule has 0 radical (unpaired) electrons. The Kier molecular flexibility index (Phi) is 4.98. The first-order chi connectivity index (χ1) is 8.17. The Morgan fingerprint density at radius 1 is 1.65 bits per heavy atom. The standard InChI is InChI=1S/C11H10ClN3O2/c1-2-17-11(16)10(12)15-14-9-5-3-4-8(6-9)7-13/h3-6,14H,2H2,1H3/b15-10+. The van der Waals surface area contributed by atoms with Crippen LogP contribution in [-0.4, -0.2) is 17.7 Å². The zero-order chi connectivity index (χ0) is 12.7. The van der Waals surface area contributed by atoms with Gasteiger partial charge in [0.2, 0.25) is 5.17 Å². The van der Waals surface area contributed by atoms with Crippen molar-refractivity contribution in [3.8, 4) is 6.07 Å². The Labute approximate surface area is 104 Å². The molecule has 0 saturated heterocycles. The molecule has 0 aromatic heterocycles. The normalized spacial score (nSPS) is 10.5. The molecule has 0 bridgehead atoms. The number of carbonyl (C=O) groups is 1. The average Bonchev–Trinajstić information content (AvgIpc) is 2.36. The average molecular weight is 252 g/mol. The molecule has 0 aliphatic heterocycles. The van der Waals surface area contributed by atoms with Crippen molar-refractivity contribution in [3.63, 3.8) is 0 Å². The maximum absolute atomic E-state index is 11.1. The van der Waals surface area contributed by atoms with Gasteiger partial charge in [-0.05, 0) is 25.1 Å². The lowest BCUT2D eigenvalue weighted by Crippen LogP contribution is -2.13. The van der Waals surface area contributed by atoms with Crippen LogP contribution in [0.1, 0.15) is 12.5 Å². The van der Waals surface area contributed by atoms with E-state index in [9.17, 15) is 4.79 Å². The molecule has 0 spiro atoms. The molecule has 0 unspecified atom stereocenters. The largest absolute Gasteiger partial charge is 0.461 e. The van der Waals surface area contributed by atoms with Gasteiger partial charge in [-0.2, -0.15) is 10.4 Å². The number of hydrogen-bond donors (Lipinski definition) is 1. The Balaban J connectivity index is 2.69. The molecule has 0 atom stereocenters. The van der Waals surface area contributed by atoms with E-state index in [2.05, 4.69) is 15.3 Å². The van der Waals surface area contributed by atoms with Gasteiger partial charge in [0.05, 0.1) is 23.9 Å². The van der Waals surface area contributed by atoms with Crippen molar-refractivity contribution in [2.45, 2.75) is 6.92 Å². The smallest absolute Gasteiger partial charge is 0.370 e. The van der Waals surface area contributed by atoms with Crippen LogP contribution in [0.3, 0.4) is 0 Å². The Morgan fingerprint density at radius 3 is 3.06 bits per heavy atom. The molecule has 5 nitrogen and oxygen atoms in total. The van der Waals surface area contributed by atoms with Gasteiger partial charge in [0.15, 0.2) is 0 Å². The van der Waals surface area contributed by atoms with Crippen LogP contribution in [0.2, 0.25) is 0 Å². The summed E-state index contributed by atoms with van der Waals surface area (Å²) in [6, 6.07) is 8.61. The first-order valence-electron chi connectivity index (χ1n) is 4.84. The SMILES string of the molecule is CCOC(=O)/C(Cl)=N\Nc1cccc(C#N)c1. The Bertz CT molecular complexity index is 480. The summed E-state index contributed by atoms with van der Waals surface area (Å²) < 4.78 is 4.64. The van der Waals surface area contributed by atoms with Gasteiger partial charge < -0.3 is 4.74 Å². The van der Waals surface area contributed by atoms with Gasteiger partial charge in [0.1, 0.15) is 0 Å². The highest BCUT2D eigenvalue weighted by Crippen LogP contribution is 2.09. The Hall–Kier alpha value is -2.06. The molecule has 1 rings (SSSR count). The van der Waals surface area contributed by atoms with Crippen molar-refractivity contribution in [3.05, 3.63) is 29.8 Å². The van der Waals surface area contributed by atoms with E-state index in [1.54, 1.807) is 31.2 Å². The summed E-state index contributed by atoms with van der Waals surface area (Å²) in [4.78, 5) is 11.1. The molecule has 0 aliphatic rings. The van der Waals surface area contributed by atoms with Crippen LogP contribution in [0.4, 0.5) is 5.69 Å². The van der Waals surface area contributed by atoms with E-state index in [1.165, 1.54) is 0 Å². The van der Waals surface area contributed by atoms with E-state index in [1.807, 2.05) is 6.07 Å². The number of rotatable bonds is 4. The summed E-state index contributed by atoms with van der Waals surface area (Å²) in [7, 11) is 0. The molecule has 1 aromatic carbocycles. The van der Waals surface area contributed by atoms with Gasteiger partial charge in [-0.25, -0.2) is 4.79 Å². The van der Waals surface area contributed by atoms with Gasteiger partial charge in [-0.15, -0.1) is 0 Å². The second kappa shape index (κ2) is 6.51. The lowest BCUT2D eigenvalue weighted by atomic mass is 10.2. The zero-order valence-electron chi connectivity index (χ0n) is 9.11. The van der Waals surface area contributed by atoms with Crippen molar-refractivity contribution in [1.82, 2.24) is 0 Å². The zero-order valence-corrected chi connectivity index (χ0v) is 9.86. The highest BCUT2D eigenvalue weighted by Gasteiger charge is 2.08. The third-order valence-electron chi connectivity index (χ3n) is 1.72. The fraction of sp³-hybridized carbons (Fsp3) is 0.182. The number of esters is 1. The molecule has 1 aromatic rings. The molecular formula is C11H10ClN3O2. The second-order valence-electron chi connectivity index (χ2n) is 2.93. The van der Waals surface area contributed by atoms with E-state index >= 15 is 0 Å². The third kappa shape index (κ3) is 4.13. The van der Waals surface area contributed by atoms with Crippen LogP contribution >= 0.6 is 11.6 Å². The minimum Gasteiger partial charge on any atom is -0.461 e. The molecule has 0 aliphatic carbocycles. The molecule has 17 heavy (non-hydrogen) atoms. The molecule has 0 fully saturated rings. The van der Waals surface area contributed by atoms with Crippen molar-refractivity contribution >= 4 is 28.4 Å². The van der Waals surface area contributed by atoms with E-state index in [0.717, 1.165) is 0 Å². The molecule has 88 valence electrons.